The van der Waals surface area contributed by atoms with Crippen molar-refractivity contribution in [3.63, 3.8) is 0 Å². The monoisotopic (exact) mass is 548 g/mol. The van der Waals surface area contributed by atoms with Crippen LogP contribution in [0.2, 0.25) is 10.0 Å². The molecule has 36 heavy (non-hydrogen) atoms. The predicted octanol–water partition coefficient (Wildman–Crippen LogP) is 7.05. The molecule has 4 aromatic rings. The molecule has 15 heteroatoms. The lowest BCUT2D eigenvalue weighted by molar-refractivity contribution is -0.142. The third kappa shape index (κ3) is 5.26. The minimum Gasteiger partial charge on any atom is -0.304 e. The molecular formula is C21H12Cl2F6N6O. The molecule has 2 aromatic heterocycles. The molecule has 0 saturated heterocycles. The largest absolute Gasteiger partial charge is 0.435 e. The van der Waals surface area contributed by atoms with Crippen LogP contribution in [-0.2, 0) is 12.4 Å². The summed E-state index contributed by atoms with van der Waals surface area (Å²) in [6, 6.07) is 9.09. The number of hydrogen-bond donors (Lipinski definition) is 2. The molecule has 2 aromatic carbocycles. The van der Waals surface area contributed by atoms with E-state index in [4.69, 9.17) is 23.2 Å². The Balaban J connectivity index is 1.65. The van der Waals surface area contributed by atoms with Gasteiger partial charge in [-0.05, 0) is 48.5 Å². The van der Waals surface area contributed by atoms with Gasteiger partial charge < -0.3 is 10.6 Å². The molecule has 2 amide bonds. The second-order valence-electron chi connectivity index (χ2n) is 7.16. The number of carbonyl (C=O) groups is 1. The van der Waals surface area contributed by atoms with Gasteiger partial charge in [0.15, 0.2) is 11.4 Å². The average molecular weight is 549 g/mol. The van der Waals surface area contributed by atoms with Crippen LogP contribution in [0.1, 0.15) is 11.4 Å². The zero-order valence-electron chi connectivity index (χ0n) is 17.5. The molecule has 0 spiro atoms. The van der Waals surface area contributed by atoms with Crippen molar-refractivity contribution in [1.29, 1.82) is 0 Å². The highest BCUT2D eigenvalue weighted by molar-refractivity contribution is 6.30. The molecule has 0 aliphatic carbocycles. The van der Waals surface area contributed by atoms with Crippen molar-refractivity contribution in [3.05, 3.63) is 82.4 Å². The Morgan fingerprint density at radius 3 is 1.31 bits per heavy atom. The number of rotatable bonds is 4. The average Bonchev–Trinajstić information content (AvgIpc) is 3.39. The number of carbonyl (C=O) groups excluding carboxylic acids is 1. The molecule has 2 N–H and O–H groups in total. The lowest BCUT2D eigenvalue weighted by Gasteiger charge is -2.15. The van der Waals surface area contributed by atoms with Gasteiger partial charge in [0.1, 0.15) is 0 Å². The van der Waals surface area contributed by atoms with Gasteiger partial charge in [-0.25, -0.2) is 14.2 Å². The number of urea groups is 1. The van der Waals surface area contributed by atoms with Gasteiger partial charge in [-0.3, -0.25) is 0 Å². The number of amides is 2. The molecular weight excluding hydrogens is 537 g/mol. The molecule has 0 fully saturated rings. The summed E-state index contributed by atoms with van der Waals surface area (Å²) < 4.78 is 83.8. The van der Waals surface area contributed by atoms with E-state index in [9.17, 15) is 31.1 Å². The van der Waals surface area contributed by atoms with E-state index in [2.05, 4.69) is 10.2 Å². The van der Waals surface area contributed by atoms with Gasteiger partial charge in [-0.2, -0.15) is 36.5 Å². The smallest absolute Gasteiger partial charge is 0.304 e. The Bertz CT molecular complexity index is 1290. The fourth-order valence-electron chi connectivity index (χ4n) is 3.26. The quantitative estimate of drug-likeness (QED) is 0.268. The summed E-state index contributed by atoms with van der Waals surface area (Å²) in [7, 11) is 0. The molecule has 0 aliphatic heterocycles. The fourth-order valence-corrected chi connectivity index (χ4v) is 3.51. The maximum atomic E-state index is 13.8. The Labute approximate surface area is 208 Å². The van der Waals surface area contributed by atoms with Crippen LogP contribution in [0, 0.1) is 0 Å². The highest BCUT2D eigenvalue weighted by Gasteiger charge is 2.41. The molecule has 0 bridgehead atoms. The Kier molecular flexibility index (Phi) is 6.62. The van der Waals surface area contributed by atoms with Gasteiger partial charge in [-0.15, -0.1) is 0 Å². The molecule has 0 radical (unpaired) electrons. The first-order chi connectivity index (χ1) is 16.8. The standard InChI is InChI=1S/C21H12Cl2F6N6O/c22-11-1-5-13(6-2-11)34-17(20(24,25)26)15(9-30-34)32-19(36)33-16-10-31-35(18(16)21(27,28)29)14-7-3-12(23)4-8-14/h1-10H,(H2,32,33,36). The summed E-state index contributed by atoms with van der Waals surface area (Å²) in [5.41, 5.74) is -4.30. The number of nitrogens with zero attached hydrogens (tertiary/aromatic N) is 4. The number of alkyl halides is 6. The van der Waals surface area contributed by atoms with Crippen molar-refractivity contribution in [2.24, 2.45) is 0 Å². The second-order valence-corrected chi connectivity index (χ2v) is 8.04. The highest BCUT2D eigenvalue weighted by atomic mass is 35.5. The van der Waals surface area contributed by atoms with Crippen molar-refractivity contribution >= 4 is 40.6 Å². The van der Waals surface area contributed by atoms with E-state index in [0.717, 1.165) is 12.4 Å². The van der Waals surface area contributed by atoms with Crippen LogP contribution in [0.4, 0.5) is 42.5 Å². The fraction of sp³-hybridized carbons (Fsp3) is 0.0952. The van der Waals surface area contributed by atoms with E-state index in [-0.39, 0.29) is 21.4 Å². The molecule has 7 nitrogen and oxygen atoms in total. The van der Waals surface area contributed by atoms with Gasteiger partial charge in [0.25, 0.3) is 0 Å². The van der Waals surface area contributed by atoms with Crippen LogP contribution >= 0.6 is 23.2 Å². The number of nitrogens with one attached hydrogen (secondary N) is 2. The molecule has 0 saturated carbocycles. The van der Waals surface area contributed by atoms with E-state index in [1.165, 1.54) is 48.5 Å². The summed E-state index contributed by atoms with van der Waals surface area (Å²) in [6.45, 7) is 0. The van der Waals surface area contributed by atoms with E-state index in [0.29, 0.717) is 9.36 Å². The van der Waals surface area contributed by atoms with Crippen molar-refractivity contribution in [3.8, 4) is 11.4 Å². The number of anilines is 2. The lowest BCUT2D eigenvalue weighted by Crippen LogP contribution is -2.24. The third-order valence-electron chi connectivity index (χ3n) is 4.71. The Morgan fingerprint density at radius 2 is 1.00 bits per heavy atom. The first-order valence-corrected chi connectivity index (χ1v) is 10.5. The minimum atomic E-state index is -4.98. The number of aromatic nitrogens is 4. The van der Waals surface area contributed by atoms with Gasteiger partial charge >= 0.3 is 18.4 Å². The molecule has 0 atom stereocenters. The summed E-state index contributed by atoms with van der Waals surface area (Å²) in [5.74, 6) is 0. The van der Waals surface area contributed by atoms with Gasteiger partial charge in [0, 0.05) is 10.0 Å². The summed E-state index contributed by atoms with van der Waals surface area (Å²) in [5, 5.41) is 11.7. The molecule has 188 valence electrons. The zero-order chi connectivity index (χ0) is 26.3. The first kappa shape index (κ1) is 25.4. The highest BCUT2D eigenvalue weighted by Crippen LogP contribution is 2.38. The molecule has 0 aliphatic rings. The van der Waals surface area contributed by atoms with Crippen LogP contribution in [-0.4, -0.2) is 25.6 Å². The van der Waals surface area contributed by atoms with Crippen LogP contribution in [0.15, 0.2) is 60.9 Å². The first-order valence-electron chi connectivity index (χ1n) is 9.75. The molecule has 2 heterocycles. The van der Waals surface area contributed by atoms with E-state index in [1.54, 1.807) is 0 Å². The van der Waals surface area contributed by atoms with Gasteiger partial charge in [-0.1, -0.05) is 23.2 Å². The van der Waals surface area contributed by atoms with Gasteiger partial charge in [0.05, 0.1) is 35.1 Å². The van der Waals surface area contributed by atoms with E-state index >= 15 is 0 Å². The summed E-state index contributed by atoms with van der Waals surface area (Å²) in [4.78, 5) is 12.5. The number of halogens is 8. The van der Waals surface area contributed by atoms with Crippen molar-refractivity contribution in [2.75, 3.05) is 10.6 Å². The maximum Gasteiger partial charge on any atom is 0.435 e. The van der Waals surface area contributed by atoms with Crippen molar-refractivity contribution < 1.29 is 31.1 Å². The summed E-state index contributed by atoms with van der Waals surface area (Å²) in [6.07, 6.45) is -8.51. The van der Waals surface area contributed by atoms with Crippen molar-refractivity contribution in [1.82, 2.24) is 19.6 Å². The maximum absolute atomic E-state index is 13.8. The Hall–Kier alpha value is -3.71. The van der Waals surface area contributed by atoms with Crippen LogP contribution in [0.3, 0.4) is 0 Å². The number of hydrogen-bond acceptors (Lipinski definition) is 3. The third-order valence-corrected chi connectivity index (χ3v) is 5.22. The normalized spacial score (nSPS) is 12.0. The second kappa shape index (κ2) is 9.39. The van der Waals surface area contributed by atoms with Crippen LogP contribution in [0.25, 0.3) is 11.4 Å². The Morgan fingerprint density at radius 1 is 0.667 bits per heavy atom. The van der Waals surface area contributed by atoms with Crippen LogP contribution < -0.4 is 10.6 Å². The van der Waals surface area contributed by atoms with Crippen LogP contribution in [0.5, 0.6) is 0 Å². The predicted molar refractivity (Wildman–Crippen MR) is 120 cm³/mol. The topological polar surface area (TPSA) is 76.8 Å². The summed E-state index contributed by atoms with van der Waals surface area (Å²) >= 11 is 11.5. The molecule has 4 rings (SSSR count). The van der Waals surface area contributed by atoms with E-state index < -0.39 is 41.1 Å². The van der Waals surface area contributed by atoms with Crippen molar-refractivity contribution in [2.45, 2.75) is 12.4 Å². The zero-order valence-corrected chi connectivity index (χ0v) is 19.0. The SMILES string of the molecule is O=C(Nc1cnn(-c2ccc(Cl)cc2)c1C(F)(F)F)Nc1cnn(-c2ccc(Cl)cc2)c1C(F)(F)F. The number of benzene rings is 2. The van der Waals surface area contributed by atoms with Gasteiger partial charge in [0.2, 0.25) is 0 Å². The molecule has 0 unspecified atom stereocenters. The minimum absolute atomic E-state index is 0.0104. The lowest BCUT2D eigenvalue weighted by atomic mass is 10.3. The van der Waals surface area contributed by atoms with E-state index in [1.807, 2.05) is 10.6 Å².